The van der Waals surface area contributed by atoms with E-state index in [0.29, 0.717) is 5.56 Å². The van der Waals surface area contributed by atoms with E-state index < -0.39 is 0 Å². The van der Waals surface area contributed by atoms with E-state index in [2.05, 4.69) is 23.3 Å². The quantitative estimate of drug-likeness (QED) is 0.909. The van der Waals surface area contributed by atoms with Crippen LogP contribution in [-0.4, -0.2) is 4.98 Å². The number of rotatable bonds is 3. The Labute approximate surface area is 111 Å². The Bertz CT molecular complexity index is 595. The molecule has 0 saturated heterocycles. The van der Waals surface area contributed by atoms with Crippen LogP contribution in [0.4, 0.5) is 5.69 Å². The van der Waals surface area contributed by atoms with E-state index in [0.717, 1.165) is 16.4 Å². The van der Waals surface area contributed by atoms with Gasteiger partial charge in [-0.05, 0) is 39.0 Å². The van der Waals surface area contributed by atoms with E-state index in [1.807, 2.05) is 32.0 Å². The Kier molecular flexibility index (Phi) is 3.63. The van der Waals surface area contributed by atoms with Crippen LogP contribution in [0.15, 0.2) is 24.3 Å². The highest BCUT2D eigenvalue weighted by atomic mass is 32.1. The summed E-state index contributed by atoms with van der Waals surface area (Å²) in [5.41, 5.74) is 2.71. The zero-order valence-electron chi connectivity index (χ0n) is 10.7. The predicted octanol–water partition coefficient (Wildman–Crippen LogP) is 3.80. The van der Waals surface area contributed by atoms with Crippen molar-refractivity contribution >= 4 is 17.0 Å². The van der Waals surface area contributed by atoms with Crippen LogP contribution in [0.2, 0.25) is 0 Å². The second-order valence-corrected chi connectivity index (χ2v) is 5.48. The number of hydrogen-bond donors (Lipinski definition) is 1. The molecule has 2 aromatic rings. The highest BCUT2D eigenvalue weighted by molar-refractivity contribution is 7.11. The van der Waals surface area contributed by atoms with Crippen molar-refractivity contribution < 1.29 is 0 Å². The van der Waals surface area contributed by atoms with Crippen molar-refractivity contribution in [1.82, 2.24) is 4.98 Å². The molecule has 4 heteroatoms. The lowest BCUT2D eigenvalue weighted by Gasteiger charge is -2.14. The molecule has 18 heavy (non-hydrogen) atoms. The van der Waals surface area contributed by atoms with E-state index in [-0.39, 0.29) is 6.04 Å². The number of anilines is 1. The molecule has 0 aliphatic rings. The topological polar surface area (TPSA) is 48.7 Å². The molecule has 0 fully saturated rings. The van der Waals surface area contributed by atoms with Crippen LogP contribution in [0, 0.1) is 25.2 Å². The average molecular weight is 257 g/mol. The number of benzene rings is 1. The smallest absolute Gasteiger partial charge is 0.0992 e. The largest absolute Gasteiger partial charge is 0.378 e. The lowest BCUT2D eigenvalue weighted by molar-refractivity contribution is 0.890. The SMILES string of the molecule is Cc1nc(C)c(C(C)Nc2cccc(C#N)c2)s1. The number of aryl methyl sites for hydroxylation is 2. The number of nitriles is 1. The zero-order valence-corrected chi connectivity index (χ0v) is 11.5. The first-order valence-corrected chi connectivity index (χ1v) is 6.62. The molecule has 3 nitrogen and oxygen atoms in total. The molecule has 0 spiro atoms. The second-order valence-electron chi connectivity index (χ2n) is 4.24. The van der Waals surface area contributed by atoms with Crippen LogP contribution in [0.5, 0.6) is 0 Å². The van der Waals surface area contributed by atoms with Gasteiger partial charge in [0, 0.05) is 10.6 Å². The zero-order chi connectivity index (χ0) is 13.1. The first kappa shape index (κ1) is 12.6. The Morgan fingerprint density at radius 3 is 2.78 bits per heavy atom. The Balaban J connectivity index is 2.18. The molecule has 1 N–H and O–H groups in total. The maximum atomic E-state index is 8.87. The van der Waals surface area contributed by atoms with Crippen molar-refractivity contribution in [3.63, 3.8) is 0 Å². The first-order valence-electron chi connectivity index (χ1n) is 5.81. The summed E-state index contributed by atoms with van der Waals surface area (Å²) in [4.78, 5) is 5.68. The molecule has 0 radical (unpaired) electrons. The molecule has 1 aromatic carbocycles. The molecular formula is C14H15N3S. The van der Waals surface area contributed by atoms with E-state index in [9.17, 15) is 0 Å². The minimum atomic E-state index is 0.199. The van der Waals surface area contributed by atoms with Crippen LogP contribution in [0.1, 0.15) is 34.1 Å². The van der Waals surface area contributed by atoms with E-state index in [1.54, 1.807) is 17.4 Å². The number of nitrogens with zero attached hydrogens (tertiary/aromatic N) is 2. The molecule has 92 valence electrons. The summed E-state index contributed by atoms with van der Waals surface area (Å²) in [5, 5.41) is 13.4. The van der Waals surface area contributed by atoms with Crippen molar-refractivity contribution in [2.75, 3.05) is 5.32 Å². The molecule has 0 bridgehead atoms. The fraction of sp³-hybridized carbons (Fsp3) is 0.286. The van der Waals surface area contributed by atoms with Crippen LogP contribution < -0.4 is 5.32 Å². The maximum absolute atomic E-state index is 8.87. The van der Waals surface area contributed by atoms with Crippen LogP contribution in [-0.2, 0) is 0 Å². The third kappa shape index (κ3) is 2.69. The van der Waals surface area contributed by atoms with Crippen molar-refractivity contribution in [3.05, 3.63) is 45.4 Å². The van der Waals surface area contributed by atoms with Gasteiger partial charge in [-0.25, -0.2) is 4.98 Å². The van der Waals surface area contributed by atoms with Gasteiger partial charge in [-0.2, -0.15) is 5.26 Å². The minimum Gasteiger partial charge on any atom is -0.378 e. The molecule has 1 heterocycles. The number of hydrogen-bond acceptors (Lipinski definition) is 4. The second kappa shape index (κ2) is 5.19. The lowest BCUT2D eigenvalue weighted by Crippen LogP contribution is -2.06. The Morgan fingerprint density at radius 1 is 1.39 bits per heavy atom. The van der Waals surface area contributed by atoms with E-state index in [1.165, 1.54) is 4.88 Å². The van der Waals surface area contributed by atoms with Gasteiger partial charge in [0.2, 0.25) is 0 Å². The van der Waals surface area contributed by atoms with Gasteiger partial charge in [-0.3, -0.25) is 0 Å². The molecule has 0 amide bonds. The van der Waals surface area contributed by atoms with Crippen LogP contribution in [0.25, 0.3) is 0 Å². The van der Waals surface area contributed by atoms with Crippen LogP contribution >= 0.6 is 11.3 Å². The highest BCUT2D eigenvalue weighted by Gasteiger charge is 2.12. The highest BCUT2D eigenvalue weighted by Crippen LogP contribution is 2.27. The van der Waals surface area contributed by atoms with Gasteiger partial charge in [-0.15, -0.1) is 11.3 Å². The lowest BCUT2D eigenvalue weighted by atomic mass is 10.2. The molecule has 2 rings (SSSR count). The Hall–Kier alpha value is -1.86. The van der Waals surface area contributed by atoms with Gasteiger partial charge in [0.05, 0.1) is 28.4 Å². The maximum Gasteiger partial charge on any atom is 0.0992 e. The van der Waals surface area contributed by atoms with Gasteiger partial charge in [0.1, 0.15) is 0 Å². The molecule has 0 aliphatic heterocycles. The van der Waals surface area contributed by atoms with Crippen molar-refractivity contribution in [2.24, 2.45) is 0 Å². The third-order valence-corrected chi connectivity index (χ3v) is 3.96. The van der Waals surface area contributed by atoms with Gasteiger partial charge in [0.15, 0.2) is 0 Å². The van der Waals surface area contributed by atoms with Crippen molar-refractivity contribution in [3.8, 4) is 6.07 Å². The summed E-state index contributed by atoms with van der Waals surface area (Å²) >= 11 is 1.71. The summed E-state index contributed by atoms with van der Waals surface area (Å²) in [7, 11) is 0. The molecule has 0 saturated carbocycles. The number of thiazole rings is 1. The van der Waals surface area contributed by atoms with Gasteiger partial charge < -0.3 is 5.32 Å². The number of aromatic nitrogens is 1. The summed E-state index contributed by atoms with van der Waals surface area (Å²) in [6.45, 7) is 6.16. The molecule has 1 atom stereocenters. The molecule has 1 unspecified atom stereocenters. The fourth-order valence-corrected chi connectivity index (χ4v) is 2.87. The third-order valence-electron chi connectivity index (χ3n) is 2.71. The van der Waals surface area contributed by atoms with Gasteiger partial charge in [0.25, 0.3) is 0 Å². The average Bonchev–Trinajstić information content (AvgIpc) is 2.69. The van der Waals surface area contributed by atoms with Crippen molar-refractivity contribution in [1.29, 1.82) is 5.26 Å². The molecular weight excluding hydrogens is 242 g/mol. The summed E-state index contributed by atoms with van der Waals surface area (Å²) in [6.07, 6.45) is 0. The Morgan fingerprint density at radius 2 is 2.17 bits per heavy atom. The monoisotopic (exact) mass is 257 g/mol. The molecule has 0 aliphatic carbocycles. The normalized spacial score (nSPS) is 11.9. The van der Waals surface area contributed by atoms with Gasteiger partial charge >= 0.3 is 0 Å². The summed E-state index contributed by atoms with van der Waals surface area (Å²) in [6, 6.07) is 9.87. The van der Waals surface area contributed by atoms with Crippen LogP contribution in [0.3, 0.4) is 0 Å². The van der Waals surface area contributed by atoms with Gasteiger partial charge in [-0.1, -0.05) is 6.07 Å². The molecule has 1 aromatic heterocycles. The number of nitrogens with one attached hydrogen (secondary N) is 1. The summed E-state index contributed by atoms with van der Waals surface area (Å²) < 4.78 is 0. The first-order chi connectivity index (χ1) is 8.60. The van der Waals surface area contributed by atoms with Crippen molar-refractivity contribution in [2.45, 2.75) is 26.8 Å². The standard InChI is InChI=1S/C14H15N3S/c1-9-14(18-11(3)16-9)10(2)17-13-6-4-5-12(7-13)8-15/h4-7,10,17H,1-3H3. The fourth-order valence-electron chi connectivity index (χ4n) is 1.94. The predicted molar refractivity (Wildman–Crippen MR) is 74.8 cm³/mol. The summed E-state index contributed by atoms with van der Waals surface area (Å²) in [5.74, 6) is 0. The minimum absolute atomic E-state index is 0.199. The van der Waals surface area contributed by atoms with E-state index >= 15 is 0 Å². The van der Waals surface area contributed by atoms with E-state index in [4.69, 9.17) is 5.26 Å².